The van der Waals surface area contributed by atoms with Gasteiger partial charge in [0.2, 0.25) is 0 Å². The second-order valence-electron chi connectivity index (χ2n) is 2.67. The van der Waals surface area contributed by atoms with Crippen LogP contribution in [0, 0.1) is 0 Å². The predicted octanol–water partition coefficient (Wildman–Crippen LogP) is 3.01. The third-order valence-electron chi connectivity index (χ3n) is 1.70. The van der Waals surface area contributed by atoms with Gasteiger partial charge >= 0.3 is 0 Å². The van der Waals surface area contributed by atoms with E-state index in [0.29, 0.717) is 6.10 Å². The molecule has 60 valence electrons. The highest BCUT2D eigenvalue weighted by atomic mass is 32.2. The van der Waals surface area contributed by atoms with Gasteiger partial charge in [0.25, 0.3) is 0 Å². The van der Waals surface area contributed by atoms with Crippen LogP contribution in [-0.2, 0) is 0 Å². The molecule has 1 nitrogen and oxygen atoms in total. The number of fused-ring (bicyclic) bond motifs is 1. The molecule has 11 heavy (non-hydrogen) atoms. The minimum Gasteiger partial charge on any atom is -0.489 e. The maximum atomic E-state index is 5.69. The summed E-state index contributed by atoms with van der Waals surface area (Å²) in [6.07, 6.45) is 1.54. The third-order valence-corrected chi connectivity index (χ3v) is 3.64. The fraction of sp³-hybridized carbons (Fsp3) is 0.500. The van der Waals surface area contributed by atoms with E-state index in [4.69, 9.17) is 4.74 Å². The lowest BCUT2D eigenvalue weighted by Crippen LogP contribution is -2.10. The molecule has 0 aromatic carbocycles. The minimum absolute atomic E-state index is 0.387. The van der Waals surface area contributed by atoms with Gasteiger partial charge in [-0.05, 0) is 13.3 Å². The SMILES string of the molecule is CC1CCSc2cscc2O1. The van der Waals surface area contributed by atoms with Gasteiger partial charge in [-0.2, -0.15) is 0 Å². The molecule has 0 amide bonds. The van der Waals surface area contributed by atoms with Crippen LogP contribution < -0.4 is 4.74 Å². The van der Waals surface area contributed by atoms with Gasteiger partial charge in [0.15, 0.2) is 0 Å². The number of hydrogen-bond donors (Lipinski definition) is 0. The first-order valence-corrected chi connectivity index (χ1v) is 5.65. The van der Waals surface area contributed by atoms with Gasteiger partial charge < -0.3 is 4.74 Å². The first-order chi connectivity index (χ1) is 5.36. The van der Waals surface area contributed by atoms with E-state index >= 15 is 0 Å². The molecule has 0 fully saturated rings. The Kier molecular flexibility index (Phi) is 2.09. The summed E-state index contributed by atoms with van der Waals surface area (Å²) in [7, 11) is 0. The second-order valence-corrected chi connectivity index (χ2v) is 4.55. The highest BCUT2D eigenvalue weighted by Gasteiger charge is 2.14. The molecular formula is C8H10OS2. The Balaban J connectivity index is 2.26. The Morgan fingerprint density at radius 1 is 1.55 bits per heavy atom. The number of thiophene rings is 1. The van der Waals surface area contributed by atoms with Crippen molar-refractivity contribution in [3.8, 4) is 5.75 Å². The van der Waals surface area contributed by atoms with Crippen LogP contribution in [0.15, 0.2) is 15.7 Å². The quantitative estimate of drug-likeness (QED) is 0.616. The first-order valence-electron chi connectivity index (χ1n) is 3.72. The van der Waals surface area contributed by atoms with E-state index in [2.05, 4.69) is 17.7 Å². The topological polar surface area (TPSA) is 9.23 Å². The molecule has 2 heterocycles. The van der Waals surface area contributed by atoms with E-state index in [0.717, 1.165) is 12.2 Å². The lowest BCUT2D eigenvalue weighted by molar-refractivity contribution is 0.217. The summed E-state index contributed by atoms with van der Waals surface area (Å²) in [5, 5.41) is 4.25. The highest BCUT2D eigenvalue weighted by molar-refractivity contribution is 7.99. The van der Waals surface area contributed by atoms with Crippen molar-refractivity contribution in [2.45, 2.75) is 24.3 Å². The van der Waals surface area contributed by atoms with Gasteiger partial charge in [0.05, 0.1) is 11.0 Å². The van der Waals surface area contributed by atoms with E-state index in [9.17, 15) is 0 Å². The zero-order valence-corrected chi connectivity index (χ0v) is 8.00. The zero-order valence-electron chi connectivity index (χ0n) is 6.37. The molecular weight excluding hydrogens is 176 g/mol. The Bertz CT molecular complexity index is 244. The van der Waals surface area contributed by atoms with E-state index in [1.165, 1.54) is 10.6 Å². The van der Waals surface area contributed by atoms with Gasteiger partial charge in [0, 0.05) is 16.5 Å². The third kappa shape index (κ3) is 1.54. The molecule has 1 aromatic rings. The Labute approximate surface area is 74.8 Å². The second kappa shape index (κ2) is 3.07. The van der Waals surface area contributed by atoms with E-state index in [-0.39, 0.29) is 0 Å². The smallest absolute Gasteiger partial charge is 0.143 e. The van der Waals surface area contributed by atoms with Crippen molar-refractivity contribution >= 4 is 23.1 Å². The van der Waals surface area contributed by atoms with Crippen molar-refractivity contribution in [2.24, 2.45) is 0 Å². The van der Waals surface area contributed by atoms with Crippen LogP contribution in [0.3, 0.4) is 0 Å². The molecule has 2 rings (SSSR count). The summed E-state index contributed by atoms with van der Waals surface area (Å²) in [5.41, 5.74) is 0. The standard InChI is InChI=1S/C8H10OS2/c1-6-2-3-11-8-5-10-4-7(8)9-6/h4-6H,2-3H2,1H3. The number of thioether (sulfide) groups is 1. The molecule has 0 saturated carbocycles. The summed E-state index contributed by atoms with van der Waals surface area (Å²) in [5.74, 6) is 2.27. The van der Waals surface area contributed by atoms with E-state index < -0.39 is 0 Å². The number of rotatable bonds is 0. The maximum absolute atomic E-state index is 5.69. The van der Waals surface area contributed by atoms with Crippen LogP contribution in [0.2, 0.25) is 0 Å². The molecule has 0 bridgehead atoms. The Morgan fingerprint density at radius 3 is 3.36 bits per heavy atom. The molecule has 3 heteroatoms. The van der Waals surface area contributed by atoms with Gasteiger partial charge in [-0.25, -0.2) is 0 Å². The van der Waals surface area contributed by atoms with Crippen LogP contribution >= 0.6 is 23.1 Å². The summed E-state index contributed by atoms with van der Waals surface area (Å²) < 4.78 is 5.69. The first kappa shape index (κ1) is 7.50. The van der Waals surface area contributed by atoms with Crippen molar-refractivity contribution in [2.75, 3.05) is 5.75 Å². The molecule has 1 unspecified atom stereocenters. The summed E-state index contributed by atoms with van der Waals surface area (Å²) in [6, 6.07) is 0. The molecule has 0 aliphatic carbocycles. The Hall–Kier alpha value is -0.150. The highest BCUT2D eigenvalue weighted by Crippen LogP contribution is 2.36. The molecule has 0 spiro atoms. The van der Waals surface area contributed by atoms with Crippen molar-refractivity contribution in [3.05, 3.63) is 10.8 Å². The average molecular weight is 186 g/mol. The van der Waals surface area contributed by atoms with Gasteiger partial charge in [-0.3, -0.25) is 0 Å². The van der Waals surface area contributed by atoms with Crippen LogP contribution in [0.4, 0.5) is 0 Å². The van der Waals surface area contributed by atoms with E-state index in [1.807, 2.05) is 11.8 Å². The summed E-state index contributed by atoms with van der Waals surface area (Å²) in [4.78, 5) is 1.32. The zero-order chi connectivity index (χ0) is 7.68. The summed E-state index contributed by atoms with van der Waals surface area (Å²) in [6.45, 7) is 2.13. The molecule has 1 atom stereocenters. The number of ether oxygens (including phenoxy) is 1. The maximum Gasteiger partial charge on any atom is 0.143 e. The van der Waals surface area contributed by atoms with Gasteiger partial charge in [0.1, 0.15) is 5.75 Å². The fourth-order valence-electron chi connectivity index (χ4n) is 1.08. The van der Waals surface area contributed by atoms with Crippen LogP contribution in [0.5, 0.6) is 5.75 Å². The van der Waals surface area contributed by atoms with Gasteiger partial charge in [-0.15, -0.1) is 23.1 Å². The normalized spacial score (nSPS) is 23.5. The minimum atomic E-state index is 0.387. The van der Waals surface area contributed by atoms with Gasteiger partial charge in [-0.1, -0.05) is 0 Å². The van der Waals surface area contributed by atoms with Crippen molar-refractivity contribution in [1.82, 2.24) is 0 Å². The monoisotopic (exact) mass is 186 g/mol. The van der Waals surface area contributed by atoms with Crippen LogP contribution in [0.25, 0.3) is 0 Å². The molecule has 0 N–H and O–H groups in total. The molecule has 1 aliphatic heterocycles. The molecule has 1 aliphatic rings. The molecule has 1 aromatic heterocycles. The average Bonchev–Trinajstić information content (AvgIpc) is 2.31. The lowest BCUT2D eigenvalue weighted by atomic mass is 10.3. The predicted molar refractivity (Wildman–Crippen MR) is 49.8 cm³/mol. The van der Waals surface area contributed by atoms with Crippen LogP contribution in [0.1, 0.15) is 13.3 Å². The molecule has 0 saturated heterocycles. The van der Waals surface area contributed by atoms with Crippen molar-refractivity contribution < 1.29 is 4.74 Å². The largest absolute Gasteiger partial charge is 0.489 e. The van der Waals surface area contributed by atoms with E-state index in [1.54, 1.807) is 11.3 Å². The molecule has 0 radical (unpaired) electrons. The van der Waals surface area contributed by atoms with Crippen LogP contribution in [-0.4, -0.2) is 11.9 Å². The Morgan fingerprint density at radius 2 is 2.45 bits per heavy atom. The number of hydrogen-bond acceptors (Lipinski definition) is 3. The lowest BCUT2D eigenvalue weighted by Gasteiger charge is -2.08. The summed E-state index contributed by atoms with van der Waals surface area (Å²) >= 11 is 3.63. The van der Waals surface area contributed by atoms with Crippen molar-refractivity contribution in [3.63, 3.8) is 0 Å². The van der Waals surface area contributed by atoms with Crippen molar-refractivity contribution in [1.29, 1.82) is 0 Å². The fourth-order valence-corrected chi connectivity index (χ4v) is 3.12.